The SMILES string of the molecule is Cc1ccc(-c2noc(C(C)N3CCN(C(=O)c4cnccn4)CC3)n2)cc1F. The number of piperazine rings is 1. The molecule has 3 heterocycles. The molecule has 1 unspecified atom stereocenters. The van der Waals surface area contributed by atoms with Crippen LogP contribution < -0.4 is 0 Å². The van der Waals surface area contributed by atoms with E-state index in [0.717, 1.165) is 0 Å². The number of nitrogens with zero attached hydrogens (tertiary/aromatic N) is 6. The van der Waals surface area contributed by atoms with Crippen LogP contribution >= 0.6 is 0 Å². The van der Waals surface area contributed by atoms with E-state index in [1.165, 1.54) is 18.5 Å². The fraction of sp³-hybridized carbons (Fsp3) is 0.350. The van der Waals surface area contributed by atoms with Crippen molar-refractivity contribution in [2.45, 2.75) is 19.9 Å². The summed E-state index contributed by atoms with van der Waals surface area (Å²) >= 11 is 0. The molecule has 1 atom stereocenters. The highest BCUT2D eigenvalue weighted by Gasteiger charge is 2.28. The summed E-state index contributed by atoms with van der Waals surface area (Å²) in [5.74, 6) is 0.412. The lowest BCUT2D eigenvalue weighted by atomic mass is 10.1. The molecule has 0 saturated carbocycles. The topological polar surface area (TPSA) is 88.3 Å². The maximum atomic E-state index is 13.8. The van der Waals surface area contributed by atoms with E-state index in [1.807, 2.05) is 6.92 Å². The molecule has 150 valence electrons. The van der Waals surface area contributed by atoms with Crippen molar-refractivity contribution in [2.75, 3.05) is 26.2 Å². The number of carbonyl (C=O) groups is 1. The van der Waals surface area contributed by atoms with Gasteiger partial charge < -0.3 is 9.42 Å². The number of amides is 1. The Labute approximate surface area is 167 Å². The molecular weight excluding hydrogens is 375 g/mol. The predicted molar refractivity (Wildman–Crippen MR) is 102 cm³/mol. The van der Waals surface area contributed by atoms with Crippen molar-refractivity contribution >= 4 is 5.91 Å². The Balaban J connectivity index is 1.40. The first kappa shape index (κ1) is 19.1. The molecule has 0 bridgehead atoms. The van der Waals surface area contributed by atoms with Crippen LogP contribution in [0.1, 0.15) is 34.9 Å². The second kappa shape index (κ2) is 8.04. The maximum Gasteiger partial charge on any atom is 0.274 e. The number of hydrogen-bond donors (Lipinski definition) is 0. The monoisotopic (exact) mass is 396 g/mol. The molecule has 29 heavy (non-hydrogen) atoms. The molecule has 1 fully saturated rings. The molecule has 8 nitrogen and oxygen atoms in total. The van der Waals surface area contributed by atoms with E-state index in [0.29, 0.717) is 54.7 Å². The minimum Gasteiger partial charge on any atom is -0.337 e. The van der Waals surface area contributed by atoms with Gasteiger partial charge in [0.2, 0.25) is 11.7 Å². The van der Waals surface area contributed by atoms with Gasteiger partial charge in [0.05, 0.1) is 12.2 Å². The molecule has 1 aromatic carbocycles. The van der Waals surface area contributed by atoms with Crippen LogP contribution in [0.3, 0.4) is 0 Å². The molecule has 1 saturated heterocycles. The number of benzene rings is 1. The van der Waals surface area contributed by atoms with Crippen LogP contribution in [0.25, 0.3) is 11.4 Å². The van der Waals surface area contributed by atoms with Crippen LogP contribution in [0.4, 0.5) is 4.39 Å². The molecule has 1 aliphatic rings. The summed E-state index contributed by atoms with van der Waals surface area (Å²) in [6.45, 7) is 6.17. The normalized spacial score (nSPS) is 16.0. The van der Waals surface area contributed by atoms with E-state index in [2.05, 4.69) is 25.0 Å². The van der Waals surface area contributed by atoms with E-state index in [-0.39, 0.29) is 17.8 Å². The summed E-state index contributed by atoms with van der Waals surface area (Å²) in [4.78, 5) is 28.9. The minimum atomic E-state index is -0.300. The molecule has 0 aliphatic carbocycles. The standard InChI is InChI=1S/C20H21FN6O2/c1-13-3-4-15(11-16(13)21)18-24-19(29-25-18)14(2)26-7-9-27(10-8-26)20(28)17-12-22-5-6-23-17/h3-6,11-12,14H,7-10H2,1-2H3. The first-order valence-electron chi connectivity index (χ1n) is 9.42. The predicted octanol–water partition coefficient (Wildman–Crippen LogP) is 2.49. The van der Waals surface area contributed by atoms with E-state index in [4.69, 9.17) is 4.52 Å². The van der Waals surface area contributed by atoms with Crippen LogP contribution in [-0.2, 0) is 0 Å². The molecular formula is C20H21FN6O2. The summed E-state index contributed by atoms with van der Waals surface area (Å²) in [6, 6.07) is 4.76. The zero-order valence-electron chi connectivity index (χ0n) is 16.2. The van der Waals surface area contributed by atoms with Gasteiger partial charge in [0.1, 0.15) is 11.5 Å². The van der Waals surface area contributed by atoms with Gasteiger partial charge in [0.25, 0.3) is 5.91 Å². The van der Waals surface area contributed by atoms with Crippen molar-refractivity contribution < 1.29 is 13.7 Å². The Kier molecular flexibility index (Phi) is 5.30. The lowest BCUT2D eigenvalue weighted by Gasteiger charge is -2.36. The minimum absolute atomic E-state index is 0.111. The zero-order valence-corrected chi connectivity index (χ0v) is 16.2. The van der Waals surface area contributed by atoms with Gasteiger partial charge in [0.15, 0.2) is 0 Å². The molecule has 0 spiro atoms. The molecule has 9 heteroatoms. The van der Waals surface area contributed by atoms with Crippen molar-refractivity contribution in [1.82, 2.24) is 29.9 Å². The highest BCUT2D eigenvalue weighted by molar-refractivity contribution is 5.92. The van der Waals surface area contributed by atoms with Gasteiger partial charge in [-0.25, -0.2) is 9.37 Å². The van der Waals surface area contributed by atoms with Crippen LogP contribution in [0.2, 0.25) is 0 Å². The molecule has 0 N–H and O–H groups in total. The van der Waals surface area contributed by atoms with Crippen LogP contribution in [0, 0.1) is 12.7 Å². The average Bonchev–Trinajstić information content (AvgIpc) is 3.25. The number of rotatable bonds is 4. The molecule has 1 aliphatic heterocycles. The number of carbonyl (C=O) groups excluding carboxylic acids is 1. The Morgan fingerprint density at radius 2 is 2.00 bits per heavy atom. The largest absolute Gasteiger partial charge is 0.337 e. The highest BCUT2D eigenvalue weighted by Crippen LogP contribution is 2.24. The van der Waals surface area contributed by atoms with Crippen LogP contribution in [0.5, 0.6) is 0 Å². The van der Waals surface area contributed by atoms with Crippen molar-refractivity contribution in [3.63, 3.8) is 0 Å². The van der Waals surface area contributed by atoms with E-state index in [1.54, 1.807) is 30.2 Å². The number of hydrogen-bond acceptors (Lipinski definition) is 7. The first-order valence-corrected chi connectivity index (χ1v) is 9.42. The molecule has 0 radical (unpaired) electrons. The zero-order chi connectivity index (χ0) is 20.4. The average molecular weight is 396 g/mol. The third-order valence-corrected chi connectivity index (χ3v) is 5.16. The van der Waals surface area contributed by atoms with E-state index < -0.39 is 0 Å². The van der Waals surface area contributed by atoms with Crippen molar-refractivity contribution in [1.29, 1.82) is 0 Å². The van der Waals surface area contributed by atoms with Gasteiger partial charge in [-0.15, -0.1) is 0 Å². The van der Waals surface area contributed by atoms with E-state index in [9.17, 15) is 9.18 Å². The molecule has 1 amide bonds. The van der Waals surface area contributed by atoms with Crippen molar-refractivity contribution in [3.8, 4) is 11.4 Å². The Hall–Kier alpha value is -3.20. The Morgan fingerprint density at radius 1 is 1.21 bits per heavy atom. The van der Waals surface area contributed by atoms with Gasteiger partial charge >= 0.3 is 0 Å². The Bertz CT molecular complexity index is 1000. The van der Waals surface area contributed by atoms with Crippen LogP contribution in [0.15, 0.2) is 41.3 Å². The van der Waals surface area contributed by atoms with Gasteiger partial charge in [-0.2, -0.15) is 4.98 Å². The second-order valence-electron chi connectivity index (χ2n) is 7.01. The number of aryl methyl sites for hydroxylation is 1. The lowest BCUT2D eigenvalue weighted by molar-refractivity contribution is 0.0546. The molecule has 4 rings (SSSR count). The summed E-state index contributed by atoms with van der Waals surface area (Å²) in [5.41, 5.74) is 1.50. The maximum absolute atomic E-state index is 13.8. The van der Waals surface area contributed by atoms with Gasteiger partial charge in [0, 0.05) is 44.1 Å². The molecule has 2 aromatic heterocycles. The van der Waals surface area contributed by atoms with E-state index >= 15 is 0 Å². The lowest BCUT2D eigenvalue weighted by Crippen LogP contribution is -2.49. The molecule has 3 aromatic rings. The van der Waals surface area contributed by atoms with Crippen LogP contribution in [-0.4, -0.2) is 62.0 Å². The van der Waals surface area contributed by atoms with Gasteiger partial charge in [-0.3, -0.25) is 14.7 Å². The highest BCUT2D eigenvalue weighted by atomic mass is 19.1. The third kappa shape index (κ3) is 4.00. The summed E-state index contributed by atoms with van der Waals surface area (Å²) in [6.07, 6.45) is 4.53. The fourth-order valence-corrected chi connectivity index (χ4v) is 3.29. The Morgan fingerprint density at radius 3 is 2.69 bits per heavy atom. The number of aromatic nitrogens is 4. The number of halogens is 1. The quantitative estimate of drug-likeness (QED) is 0.669. The summed E-state index contributed by atoms with van der Waals surface area (Å²) in [5, 5.41) is 4.00. The van der Waals surface area contributed by atoms with Crippen molar-refractivity contribution in [2.24, 2.45) is 0 Å². The summed E-state index contributed by atoms with van der Waals surface area (Å²) < 4.78 is 19.2. The first-order chi connectivity index (χ1) is 14.0. The smallest absolute Gasteiger partial charge is 0.274 e. The fourth-order valence-electron chi connectivity index (χ4n) is 3.29. The third-order valence-electron chi connectivity index (χ3n) is 5.16. The van der Waals surface area contributed by atoms with Gasteiger partial charge in [-0.1, -0.05) is 17.3 Å². The van der Waals surface area contributed by atoms with Crippen molar-refractivity contribution in [3.05, 3.63) is 59.8 Å². The summed E-state index contributed by atoms with van der Waals surface area (Å²) in [7, 11) is 0. The van der Waals surface area contributed by atoms with Gasteiger partial charge in [-0.05, 0) is 25.5 Å². The second-order valence-corrected chi connectivity index (χ2v) is 7.01.